The number of hydrogen-bond acceptors (Lipinski definition) is 4. The normalized spacial score (nSPS) is 9.81. The van der Waals surface area contributed by atoms with Crippen molar-refractivity contribution in [1.82, 2.24) is 0 Å². The summed E-state index contributed by atoms with van der Waals surface area (Å²) in [5.41, 5.74) is 2.45. The van der Waals surface area contributed by atoms with Gasteiger partial charge >= 0.3 is 0 Å². The summed E-state index contributed by atoms with van der Waals surface area (Å²) in [6.07, 6.45) is 0. The molecule has 0 atom stereocenters. The minimum Gasteiger partial charge on any atom is -0.495 e. The summed E-state index contributed by atoms with van der Waals surface area (Å²) >= 11 is 3.44. The molecule has 0 saturated heterocycles. The van der Waals surface area contributed by atoms with Crippen molar-refractivity contribution in [2.24, 2.45) is 0 Å². The molecule has 2 rings (SSSR count). The molecule has 108 valence electrons. The number of hydrogen-bond donors (Lipinski definition) is 1. The molecule has 5 heteroatoms. The second-order valence-electron chi connectivity index (χ2n) is 4.34. The second-order valence-corrected chi connectivity index (χ2v) is 5.26. The van der Waals surface area contributed by atoms with Crippen LogP contribution in [0.1, 0.15) is 11.1 Å². The first-order valence-electron chi connectivity index (χ1n) is 6.32. The van der Waals surface area contributed by atoms with Crippen LogP contribution in [0.5, 0.6) is 11.5 Å². The van der Waals surface area contributed by atoms with Gasteiger partial charge in [0.05, 0.1) is 25.5 Å². The Hall–Kier alpha value is -2.19. The molecule has 0 aliphatic carbocycles. The van der Waals surface area contributed by atoms with Gasteiger partial charge in [-0.1, -0.05) is 22.0 Å². The van der Waals surface area contributed by atoms with Gasteiger partial charge in [-0.2, -0.15) is 5.26 Å². The van der Waals surface area contributed by atoms with Crippen molar-refractivity contribution in [1.29, 1.82) is 5.26 Å². The summed E-state index contributed by atoms with van der Waals surface area (Å²) in [6, 6.07) is 13.4. The van der Waals surface area contributed by atoms with Crippen LogP contribution in [0.2, 0.25) is 0 Å². The summed E-state index contributed by atoms with van der Waals surface area (Å²) < 4.78 is 11.5. The fraction of sp³-hybridized carbons (Fsp3) is 0.188. The number of methoxy groups -OCH3 is 2. The van der Waals surface area contributed by atoms with Gasteiger partial charge in [0.25, 0.3) is 0 Å². The lowest BCUT2D eigenvalue weighted by Gasteiger charge is -2.12. The number of halogens is 1. The predicted molar refractivity (Wildman–Crippen MR) is 85.7 cm³/mol. The smallest absolute Gasteiger partial charge is 0.142 e. The molecule has 0 spiro atoms. The first kappa shape index (κ1) is 15.2. The molecule has 0 unspecified atom stereocenters. The first-order valence-corrected chi connectivity index (χ1v) is 7.11. The van der Waals surface area contributed by atoms with Crippen molar-refractivity contribution in [2.75, 3.05) is 19.5 Å². The van der Waals surface area contributed by atoms with Crippen LogP contribution in [-0.4, -0.2) is 14.2 Å². The van der Waals surface area contributed by atoms with E-state index in [0.717, 1.165) is 21.5 Å². The highest BCUT2D eigenvalue weighted by Crippen LogP contribution is 2.28. The standard InChI is InChI=1S/C16H15BrN2O2/c1-20-15-6-5-13(17)8-14(15)19-10-11-3-4-12(9-18)16(7-11)21-2/h3-8,19H,10H2,1-2H3. The molecule has 0 radical (unpaired) electrons. The maximum absolute atomic E-state index is 8.98. The highest BCUT2D eigenvalue weighted by molar-refractivity contribution is 9.10. The van der Waals surface area contributed by atoms with Crippen molar-refractivity contribution in [3.8, 4) is 17.6 Å². The van der Waals surface area contributed by atoms with Gasteiger partial charge in [0, 0.05) is 11.0 Å². The van der Waals surface area contributed by atoms with E-state index in [1.165, 1.54) is 0 Å². The van der Waals surface area contributed by atoms with Crippen LogP contribution in [0.25, 0.3) is 0 Å². The van der Waals surface area contributed by atoms with Crippen LogP contribution >= 0.6 is 15.9 Å². The summed E-state index contributed by atoms with van der Waals surface area (Å²) in [5.74, 6) is 1.36. The average Bonchev–Trinajstić information content (AvgIpc) is 2.52. The van der Waals surface area contributed by atoms with Crippen molar-refractivity contribution < 1.29 is 9.47 Å². The lowest BCUT2D eigenvalue weighted by Crippen LogP contribution is -2.02. The molecule has 0 heterocycles. The zero-order valence-electron chi connectivity index (χ0n) is 11.8. The van der Waals surface area contributed by atoms with Crippen LogP contribution in [-0.2, 0) is 6.54 Å². The molecular formula is C16H15BrN2O2. The molecule has 21 heavy (non-hydrogen) atoms. The molecule has 2 aromatic rings. The van der Waals surface area contributed by atoms with E-state index in [1.54, 1.807) is 20.3 Å². The SMILES string of the molecule is COc1cc(CNc2cc(Br)ccc2OC)ccc1C#N. The summed E-state index contributed by atoms with van der Waals surface area (Å²) in [7, 11) is 3.20. The Kier molecular flexibility index (Phi) is 5.07. The Balaban J connectivity index is 2.17. The maximum atomic E-state index is 8.98. The average molecular weight is 347 g/mol. The zero-order valence-corrected chi connectivity index (χ0v) is 13.4. The van der Waals surface area contributed by atoms with Gasteiger partial charge in [-0.05, 0) is 35.9 Å². The van der Waals surface area contributed by atoms with Crippen molar-refractivity contribution in [3.05, 3.63) is 52.0 Å². The molecule has 0 aromatic heterocycles. The molecule has 0 aliphatic rings. The minimum absolute atomic E-state index is 0.529. The van der Waals surface area contributed by atoms with Crippen molar-refractivity contribution >= 4 is 21.6 Å². The molecule has 0 fully saturated rings. The molecule has 0 aliphatic heterocycles. The second kappa shape index (κ2) is 7.00. The molecule has 0 amide bonds. The van der Waals surface area contributed by atoms with Crippen LogP contribution in [0.4, 0.5) is 5.69 Å². The Morgan fingerprint density at radius 1 is 1.10 bits per heavy atom. The van der Waals surface area contributed by atoms with Gasteiger partial charge in [-0.25, -0.2) is 0 Å². The first-order chi connectivity index (χ1) is 10.2. The van der Waals surface area contributed by atoms with E-state index in [4.69, 9.17) is 14.7 Å². The van der Waals surface area contributed by atoms with Gasteiger partial charge < -0.3 is 14.8 Å². The summed E-state index contributed by atoms with van der Waals surface area (Å²) in [4.78, 5) is 0. The van der Waals surface area contributed by atoms with Crippen LogP contribution in [0.15, 0.2) is 40.9 Å². The minimum atomic E-state index is 0.529. The monoisotopic (exact) mass is 346 g/mol. The fourth-order valence-corrected chi connectivity index (χ4v) is 2.31. The van der Waals surface area contributed by atoms with E-state index < -0.39 is 0 Å². The lowest BCUT2D eigenvalue weighted by molar-refractivity contribution is 0.413. The van der Waals surface area contributed by atoms with Crippen LogP contribution < -0.4 is 14.8 Å². The Labute approximate surface area is 132 Å². The van der Waals surface area contributed by atoms with Crippen LogP contribution in [0, 0.1) is 11.3 Å². The third-order valence-corrected chi connectivity index (χ3v) is 3.52. The molecule has 0 bridgehead atoms. The Morgan fingerprint density at radius 3 is 2.52 bits per heavy atom. The molecule has 4 nitrogen and oxygen atoms in total. The number of ether oxygens (including phenoxy) is 2. The predicted octanol–water partition coefficient (Wildman–Crippen LogP) is 3.95. The highest BCUT2D eigenvalue weighted by atomic mass is 79.9. The van der Waals surface area contributed by atoms with E-state index >= 15 is 0 Å². The quantitative estimate of drug-likeness (QED) is 0.890. The van der Waals surface area contributed by atoms with E-state index in [-0.39, 0.29) is 0 Å². The van der Waals surface area contributed by atoms with E-state index in [2.05, 4.69) is 27.3 Å². The van der Waals surface area contributed by atoms with Gasteiger partial charge in [-0.3, -0.25) is 0 Å². The number of benzene rings is 2. The maximum Gasteiger partial charge on any atom is 0.142 e. The number of nitriles is 1. The van der Waals surface area contributed by atoms with E-state index in [1.807, 2.05) is 30.3 Å². The number of nitrogens with zero attached hydrogens (tertiary/aromatic N) is 1. The topological polar surface area (TPSA) is 54.3 Å². The Bertz CT molecular complexity index is 680. The van der Waals surface area contributed by atoms with Gasteiger partial charge in [0.1, 0.15) is 17.6 Å². The Morgan fingerprint density at radius 2 is 1.86 bits per heavy atom. The summed E-state index contributed by atoms with van der Waals surface area (Å²) in [5, 5.41) is 12.3. The largest absolute Gasteiger partial charge is 0.495 e. The number of nitrogens with one attached hydrogen (secondary N) is 1. The van der Waals surface area contributed by atoms with E-state index in [0.29, 0.717) is 17.9 Å². The molecular weight excluding hydrogens is 332 g/mol. The van der Waals surface area contributed by atoms with Crippen molar-refractivity contribution in [3.63, 3.8) is 0 Å². The van der Waals surface area contributed by atoms with Crippen molar-refractivity contribution in [2.45, 2.75) is 6.54 Å². The molecule has 1 N–H and O–H groups in total. The lowest BCUT2D eigenvalue weighted by atomic mass is 10.1. The third-order valence-electron chi connectivity index (χ3n) is 3.03. The molecule has 2 aromatic carbocycles. The summed E-state index contributed by atoms with van der Waals surface area (Å²) in [6.45, 7) is 0.606. The van der Waals surface area contributed by atoms with E-state index in [9.17, 15) is 0 Å². The van der Waals surface area contributed by atoms with Gasteiger partial charge in [0.15, 0.2) is 0 Å². The third kappa shape index (κ3) is 3.67. The van der Waals surface area contributed by atoms with Crippen LogP contribution in [0.3, 0.4) is 0 Å². The number of rotatable bonds is 5. The van der Waals surface area contributed by atoms with Gasteiger partial charge in [0.2, 0.25) is 0 Å². The number of anilines is 1. The highest BCUT2D eigenvalue weighted by Gasteiger charge is 2.06. The fourth-order valence-electron chi connectivity index (χ4n) is 1.95. The van der Waals surface area contributed by atoms with Gasteiger partial charge in [-0.15, -0.1) is 0 Å². The zero-order chi connectivity index (χ0) is 15.2. The molecule has 0 saturated carbocycles.